The molecule has 1 aliphatic rings. The summed E-state index contributed by atoms with van der Waals surface area (Å²) in [4.78, 5) is 46.0. The molecule has 2 heterocycles. The second kappa shape index (κ2) is 12.0. The van der Waals surface area contributed by atoms with E-state index >= 15 is 0 Å². The number of primary amides is 1. The van der Waals surface area contributed by atoms with Crippen molar-refractivity contribution in [3.63, 3.8) is 0 Å². The zero-order chi connectivity index (χ0) is 27.4. The summed E-state index contributed by atoms with van der Waals surface area (Å²) in [5.74, 6) is -0.00450. The lowest BCUT2D eigenvalue weighted by atomic mass is 9.99. The van der Waals surface area contributed by atoms with Gasteiger partial charge in [-0.3, -0.25) is 19.1 Å². The lowest BCUT2D eigenvalue weighted by Gasteiger charge is -2.33. The number of likely N-dealkylation sites (N-methyl/N-ethyl adjacent to an activating group) is 1. The number of hydrogen-bond acceptors (Lipinski definition) is 5. The average Bonchev–Trinajstić information content (AvgIpc) is 3.30. The quantitative estimate of drug-likeness (QED) is 0.399. The second-order valence-electron chi connectivity index (χ2n) is 9.19. The molecule has 1 atom stereocenters. The fourth-order valence-electron chi connectivity index (χ4n) is 4.39. The van der Waals surface area contributed by atoms with Gasteiger partial charge in [-0.25, -0.2) is 9.78 Å². The number of urea groups is 1. The minimum Gasteiger partial charge on any atom is -0.381 e. The fraction of sp³-hybridized carbons (Fsp3) is 0.333. The topological polar surface area (TPSA) is 111 Å². The van der Waals surface area contributed by atoms with Crippen molar-refractivity contribution in [3.05, 3.63) is 64.3 Å². The number of halogens is 2. The Hall–Kier alpha value is -3.40. The number of nitrogens with zero attached hydrogens (tertiary/aromatic N) is 4. The van der Waals surface area contributed by atoms with Crippen molar-refractivity contribution < 1.29 is 19.1 Å². The smallest absolute Gasteiger partial charge is 0.326 e. The van der Waals surface area contributed by atoms with E-state index in [0.29, 0.717) is 46.6 Å². The summed E-state index contributed by atoms with van der Waals surface area (Å²) < 4.78 is 7.15. The van der Waals surface area contributed by atoms with Crippen LogP contribution in [0, 0.1) is 5.92 Å². The Kier molecular flexibility index (Phi) is 8.71. The average molecular weight is 558 g/mol. The third-order valence-corrected chi connectivity index (χ3v) is 7.35. The van der Waals surface area contributed by atoms with Gasteiger partial charge in [-0.05, 0) is 62.1 Å². The van der Waals surface area contributed by atoms with Gasteiger partial charge in [0.2, 0.25) is 5.91 Å². The number of ether oxygens (including phenoxy) is 1. The fourth-order valence-corrected chi connectivity index (χ4v) is 4.74. The number of amides is 3. The Morgan fingerprint density at radius 1 is 1.16 bits per heavy atom. The van der Waals surface area contributed by atoms with Gasteiger partial charge in [0, 0.05) is 43.1 Å². The van der Waals surface area contributed by atoms with Gasteiger partial charge in [-0.2, -0.15) is 0 Å². The zero-order valence-corrected chi connectivity index (χ0v) is 22.7. The van der Waals surface area contributed by atoms with Gasteiger partial charge in [0.05, 0.1) is 5.02 Å². The molecule has 0 radical (unpaired) electrons. The van der Waals surface area contributed by atoms with Crippen LogP contribution in [0.5, 0.6) is 0 Å². The maximum Gasteiger partial charge on any atom is 0.326 e. The van der Waals surface area contributed by atoms with E-state index in [1.807, 2.05) is 6.07 Å². The predicted octanol–water partition coefficient (Wildman–Crippen LogP) is 4.82. The highest BCUT2D eigenvalue weighted by molar-refractivity contribution is 6.33. The number of carbonyl (C=O) groups is 3. The summed E-state index contributed by atoms with van der Waals surface area (Å²) in [7, 11) is 1.50. The number of nitrogens with two attached hydrogens (primary N) is 1. The van der Waals surface area contributed by atoms with Crippen LogP contribution in [0.15, 0.2) is 48.5 Å². The Morgan fingerprint density at radius 2 is 1.82 bits per heavy atom. The molecule has 0 aliphatic carbocycles. The van der Waals surface area contributed by atoms with E-state index in [1.54, 1.807) is 54.0 Å². The van der Waals surface area contributed by atoms with Crippen molar-refractivity contribution in [2.45, 2.75) is 25.8 Å². The Morgan fingerprint density at radius 3 is 2.42 bits per heavy atom. The van der Waals surface area contributed by atoms with Crippen molar-refractivity contribution in [1.82, 2.24) is 14.5 Å². The van der Waals surface area contributed by atoms with Crippen LogP contribution in [-0.4, -0.2) is 65.5 Å². The zero-order valence-electron chi connectivity index (χ0n) is 21.1. The number of hydrogen-bond donors (Lipinski definition) is 1. The molecule has 11 heteroatoms. The number of aromatic nitrogens is 2. The van der Waals surface area contributed by atoms with Crippen LogP contribution in [0.1, 0.15) is 30.3 Å². The highest BCUT2D eigenvalue weighted by atomic mass is 35.5. The first-order valence-electron chi connectivity index (χ1n) is 12.2. The van der Waals surface area contributed by atoms with Crippen LogP contribution in [-0.2, 0) is 9.53 Å². The molecule has 1 unspecified atom stereocenters. The second-order valence-corrected chi connectivity index (χ2v) is 10.0. The first kappa shape index (κ1) is 27.6. The third-order valence-electron chi connectivity index (χ3n) is 6.77. The number of carbonyl (C=O) groups excluding carboxylic acids is 3. The monoisotopic (exact) mass is 557 g/mol. The van der Waals surface area contributed by atoms with E-state index in [1.165, 1.54) is 16.8 Å². The van der Waals surface area contributed by atoms with Gasteiger partial charge in [0.15, 0.2) is 12.1 Å². The lowest BCUT2D eigenvalue weighted by molar-refractivity contribution is -0.121. The molecule has 3 aromatic rings. The van der Waals surface area contributed by atoms with E-state index in [-0.39, 0.29) is 24.0 Å². The number of aldehydes is 1. The summed E-state index contributed by atoms with van der Waals surface area (Å²) >= 11 is 12.7. The Labute approximate surface area is 231 Å². The highest BCUT2D eigenvalue weighted by Gasteiger charge is 2.33. The summed E-state index contributed by atoms with van der Waals surface area (Å²) in [6.07, 6.45) is 2.15. The molecule has 0 spiro atoms. The maximum atomic E-state index is 13.8. The molecule has 0 bridgehead atoms. The first-order valence-corrected chi connectivity index (χ1v) is 13.0. The van der Waals surface area contributed by atoms with Crippen LogP contribution >= 0.6 is 23.2 Å². The molecular weight excluding hydrogens is 529 g/mol. The summed E-state index contributed by atoms with van der Waals surface area (Å²) in [6.45, 7) is 2.98. The molecule has 1 saturated heterocycles. The van der Waals surface area contributed by atoms with E-state index in [4.69, 9.17) is 38.7 Å². The molecule has 38 heavy (non-hydrogen) atoms. The van der Waals surface area contributed by atoms with Crippen LogP contribution in [0.25, 0.3) is 17.1 Å². The maximum absolute atomic E-state index is 13.8. The molecule has 1 aliphatic heterocycles. The predicted molar refractivity (Wildman–Crippen MR) is 147 cm³/mol. The number of rotatable bonds is 8. The Bertz CT molecular complexity index is 1320. The van der Waals surface area contributed by atoms with Gasteiger partial charge < -0.3 is 15.4 Å². The largest absolute Gasteiger partial charge is 0.381 e. The van der Waals surface area contributed by atoms with Crippen molar-refractivity contribution in [2.75, 3.05) is 31.7 Å². The lowest BCUT2D eigenvalue weighted by Crippen LogP contribution is -2.51. The standard InChI is InChI=1S/C27H29Cl2N5O4/c1-17(24(30)36)32(2)27(37)33(15-18-11-13-38-14-12-18)26-23(16-35)34(20-9-7-19(28)8-10-20)25(31-26)21-5-3-4-6-22(21)29/h3-10,16-18H,11-15H2,1-2H3,(H2,30,36). The summed E-state index contributed by atoms with van der Waals surface area (Å²) in [5, 5.41) is 0.956. The van der Waals surface area contributed by atoms with E-state index < -0.39 is 18.0 Å². The van der Waals surface area contributed by atoms with Gasteiger partial charge in [0.1, 0.15) is 17.6 Å². The summed E-state index contributed by atoms with van der Waals surface area (Å²) in [6, 6.07) is 12.7. The van der Waals surface area contributed by atoms with Crippen molar-refractivity contribution in [1.29, 1.82) is 0 Å². The van der Waals surface area contributed by atoms with Crippen LogP contribution in [0.2, 0.25) is 10.0 Å². The van der Waals surface area contributed by atoms with E-state index in [0.717, 1.165) is 12.8 Å². The van der Waals surface area contributed by atoms with Gasteiger partial charge >= 0.3 is 6.03 Å². The van der Waals surface area contributed by atoms with Crippen molar-refractivity contribution >= 4 is 47.2 Å². The van der Waals surface area contributed by atoms with Gasteiger partial charge in [-0.1, -0.05) is 35.3 Å². The SMILES string of the molecule is CC(C(N)=O)N(C)C(=O)N(CC1CCOCC1)c1nc(-c2ccccc2Cl)n(-c2ccc(Cl)cc2)c1C=O. The van der Waals surface area contributed by atoms with Crippen LogP contribution in [0.3, 0.4) is 0 Å². The van der Waals surface area contributed by atoms with Crippen molar-refractivity contribution in [3.8, 4) is 17.1 Å². The molecule has 1 fully saturated rings. The number of anilines is 1. The summed E-state index contributed by atoms with van der Waals surface area (Å²) in [5.41, 5.74) is 6.84. The van der Waals surface area contributed by atoms with Crippen LogP contribution in [0.4, 0.5) is 10.6 Å². The molecule has 2 aromatic carbocycles. The van der Waals surface area contributed by atoms with Gasteiger partial charge in [0.25, 0.3) is 0 Å². The molecular formula is C27H29Cl2N5O4. The molecule has 3 amide bonds. The number of benzene rings is 2. The molecule has 4 rings (SSSR count). The first-order chi connectivity index (χ1) is 18.2. The Balaban J connectivity index is 1.92. The molecule has 0 saturated carbocycles. The van der Waals surface area contributed by atoms with E-state index in [2.05, 4.69) is 0 Å². The molecule has 200 valence electrons. The molecule has 2 N–H and O–H groups in total. The molecule has 9 nitrogen and oxygen atoms in total. The van der Waals surface area contributed by atoms with E-state index in [9.17, 15) is 14.4 Å². The molecule has 1 aromatic heterocycles. The van der Waals surface area contributed by atoms with Crippen LogP contribution < -0.4 is 10.6 Å². The number of imidazole rings is 1. The van der Waals surface area contributed by atoms with Gasteiger partial charge in [-0.15, -0.1) is 0 Å². The third kappa shape index (κ3) is 5.70. The van der Waals surface area contributed by atoms with Crippen molar-refractivity contribution in [2.24, 2.45) is 11.7 Å². The minimum absolute atomic E-state index is 0.105. The minimum atomic E-state index is -0.874. The highest BCUT2D eigenvalue weighted by Crippen LogP contribution is 2.35. The normalized spacial score (nSPS) is 14.6.